The molecule has 2 heterocycles. The van der Waals surface area contributed by atoms with Gasteiger partial charge in [-0.15, -0.1) is 0 Å². The number of fused-ring (bicyclic) bond motifs is 2. The summed E-state index contributed by atoms with van der Waals surface area (Å²) >= 11 is 3.43. The van der Waals surface area contributed by atoms with Crippen molar-refractivity contribution in [3.8, 4) is 0 Å². The highest BCUT2D eigenvalue weighted by Crippen LogP contribution is 2.61. The fourth-order valence-electron chi connectivity index (χ4n) is 5.31. The lowest BCUT2D eigenvalue weighted by molar-refractivity contribution is -0.126. The summed E-state index contributed by atoms with van der Waals surface area (Å²) in [4.78, 5) is 29.1. The number of halogens is 1. The smallest absolute Gasteiger partial charge is 0.283 e. The van der Waals surface area contributed by atoms with E-state index in [2.05, 4.69) is 50.5 Å². The Bertz CT molecular complexity index is 1030. The second-order valence-electron chi connectivity index (χ2n) is 9.43. The van der Waals surface area contributed by atoms with E-state index in [1.807, 2.05) is 12.1 Å². The van der Waals surface area contributed by atoms with Crippen molar-refractivity contribution in [3.63, 3.8) is 0 Å². The maximum atomic E-state index is 12.8. The molecule has 2 aromatic heterocycles. The van der Waals surface area contributed by atoms with Crippen LogP contribution in [0.25, 0.3) is 0 Å². The van der Waals surface area contributed by atoms with Crippen molar-refractivity contribution in [2.45, 2.75) is 45.8 Å². The Hall–Kier alpha value is -2.26. The molecule has 2 bridgehead atoms. The summed E-state index contributed by atoms with van der Waals surface area (Å²) in [6.07, 6.45) is 7.25. The van der Waals surface area contributed by atoms with Crippen molar-refractivity contribution in [1.29, 1.82) is 0 Å². The van der Waals surface area contributed by atoms with Gasteiger partial charge in [0.15, 0.2) is 0 Å². The van der Waals surface area contributed by atoms with Crippen LogP contribution in [0.5, 0.6) is 0 Å². The minimum absolute atomic E-state index is 0.142. The van der Waals surface area contributed by atoms with Gasteiger partial charge in [0.2, 0.25) is 5.91 Å². The van der Waals surface area contributed by atoms with Gasteiger partial charge < -0.3 is 15.4 Å². The van der Waals surface area contributed by atoms with Crippen molar-refractivity contribution in [2.24, 2.45) is 23.2 Å². The largest absolute Gasteiger partial charge is 0.384 e. The normalized spacial score (nSPS) is 25.6. The van der Waals surface area contributed by atoms with Crippen LogP contribution in [0.4, 0.5) is 5.69 Å². The Labute approximate surface area is 196 Å². The SMILES string of the molecule is COC[C@@H]1[C@H]2C[C@@H](C[C@H]1Nc1cnn(CC(=O)NCc3ccncc3)c(=O)c1Br)C2(C)C. The van der Waals surface area contributed by atoms with E-state index in [0.717, 1.165) is 12.0 Å². The molecule has 0 unspecified atom stereocenters. The molecular formula is C23H30BrN5O3. The zero-order valence-corrected chi connectivity index (χ0v) is 20.3. The fourth-order valence-corrected chi connectivity index (χ4v) is 5.73. The number of hydrogen-bond donors (Lipinski definition) is 2. The molecule has 1 amide bonds. The second kappa shape index (κ2) is 9.31. The molecule has 172 valence electrons. The third-order valence-electron chi connectivity index (χ3n) is 7.34. The van der Waals surface area contributed by atoms with E-state index in [0.29, 0.717) is 46.5 Å². The molecule has 32 heavy (non-hydrogen) atoms. The maximum Gasteiger partial charge on any atom is 0.283 e. The van der Waals surface area contributed by atoms with Crippen LogP contribution in [0, 0.1) is 23.2 Å². The van der Waals surface area contributed by atoms with E-state index in [4.69, 9.17) is 4.74 Å². The molecule has 3 saturated carbocycles. The van der Waals surface area contributed by atoms with Gasteiger partial charge in [-0.05, 0) is 63.7 Å². The zero-order valence-electron chi connectivity index (χ0n) is 18.7. The lowest BCUT2D eigenvalue weighted by Gasteiger charge is -2.62. The van der Waals surface area contributed by atoms with Crippen LogP contribution in [0.1, 0.15) is 32.3 Å². The molecule has 3 aliphatic carbocycles. The quantitative estimate of drug-likeness (QED) is 0.574. The van der Waals surface area contributed by atoms with Crippen molar-refractivity contribution in [2.75, 3.05) is 19.0 Å². The van der Waals surface area contributed by atoms with Gasteiger partial charge in [0.1, 0.15) is 11.0 Å². The Balaban J connectivity index is 1.41. The number of carbonyl (C=O) groups excluding carboxylic acids is 1. The lowest BCUT2D eigenvalue weighted by atomic mass is 9.44. The third kappa shape index (κ3) is 4.45. The number of anilines is 1. The first-order valence-electron chi connectivity index (χ1n) is 11.0. The molecule has 0 radical (unpaired) electrons. The molecule has 0 aliphatic heterocycles. The van der Waals surface area contributed by atoms with Gasteiger partial charge in [-0.2, -0.15) is 5.10 Å². The number of hydrogen-bond acceptors (Lipinski definition) is 6. The van der Waals surface area contributed by atoms with Crippen molar-refractivity contribution in [3.05, 3.63) is 51.1 Å². The van der Waals surface area contributed by atoms with E-state index < -0.39 is 0 Å². The summed E-state index contributed by atoms with van der Waals surface area (Å²) in [5, 5.41) is 10.6. The average molecular weight is 504 g/mol. The minimum atomic E-state index is -0.335. The molecule has 2 N–H and O–H groups in total. The van der Waals surface area contributed by atoms with E-state index in [1.165, 1.54) is 11.1 Å². The first-order valence-corrected chi connectivity index (χ1v) is 11.8. The Morgan fingerprint density at radius 1 is 1.31 bits per heavy atom. The monoisotopic (exact) mass is 503 g/mol. The standard InChI is InChI=1S/C23H30BrN5O3/c1-23(2)15-8-17(23)16(13-32-3)18(9-15)28-19-11-27-29(22(31)21(19)24)12-20(30)26-10-14-4-6-25-7-5-14/h4-7,11,15-18,28H,8-10,12-13H2,1-3H3,(H,26,30)/t15-,16+,17+,18+/m0/s1. The van der Waals surface area contributed by atoms with E-state index in [9.17, 15) is 9.59 Å². The summed E-state index contributed by atoms with van der Waals surface area (Å²) in [5.41, 5.74) is 1.60. The van der Waals surface area contributed by atoms with Crippen LogP contribution >= 0.6 is 15.9 Å². The summed E-state index contributed by atoms with van der Waals surface area (Å²) in [6.45, 7) is 5.62. The van der Waals surface area contributed by atoms with E-state index in [1.54, 1.807) is 25.7 Å². The van der Waals surface area contributed by atoms with Crippen molar-refractivity contribution < 1.29 is 9.53 Å². The van der Waals surface area contributed by atoms with Crippen LogP contribution in [-0.4, -0.2) is 40.4 Å². The number of rotatable bonds is 8. The summed E-state index contributed by atoms with van der Waals surface area (Å²) in [6, 6.07) is 3.88. The predicted molar refractivity (Wildman–Crippen MR) is 125 cm³/mol. The summed E-state index contributed by atoms with van der Waals surface area (Å²) < 4.78 is 7.09. The molecule has 0 aromatic carbocycles. The van der Waals surface area contributed by atoms with Gasteiger partial charge in [0, 0.05) is 38.0 Å². The third-order valence-corrected chi connectivity index (χ3v) is 8.10. The van der Waals surface area contributed by atoms with Crippen molar-refractivity contribution in [1.82, 2.24) is 20.1 Å². The molecule has 3 fully saturated rings. The summed E-state index contributed by atoms with van der Waals surface area (Å²) in [7, 11) is 1.74. The molecule has 4 atom stereocenters. The number of ether oxygens (including phenoxy) is 1. The molecule has 9 heteroatoms. The van der Waals surface area contributed by atoms with E-state index >= 15 is 0 Å². The molecule has 3 aliphatic rings. The van der Waals surface area contributed by atoms with E-state index in [-0.39, 0.29) is 24.1 Å². The molecule has 5 rings (SSSR count). The second-order valence-corrected chi connectivity index (χ2v) is 10.2. The zero-order chi connectivity index (χ0) is 22.9. The molecule has 8 nitrogen and oxygen atoms in total. The highest BCUT2D eigenvalue weighted by Gasteiger charge is 2.57. The van der Waals surface area contributed by atoms with Crippen LogP contribution in [0.3, 0.4) is 0 Å². The van der Waals surface area contributed by atoms with Crippen LogP contribution in [-0.2, 0) is 22.6 Å². The van der Waals surface area contributed by atoms with Crippen LogP contribution in [0.2, 0.25) is 0 Å². The lowest BCUT2D eigenvalue weighted by Crippen LogP contribution is -2.60. The van der Waals surface area contributed by atoms with Gasteiger partial charge >= 0.3 is 0 Å². The van der Waals surface area contributed by atoms with Crippen molar-refractivity contribution >= 4 is 27.5 Å². The van der Waals surface area contributed by atoms with Gasteiger partial charge in [0.25, 0.3) is 5.56 Å². The molecular weight excluding hydrogens is 474 g/mol. The molecule has 0 saturated heterocycles. The highest BCUT2D eigenvalue weighted by atomic mass is 79.9. The van der Waals surface area contributed by atoms with Gasteiger partial charge in [-0.3, -0.25) is 14.6 Å². The topological polar surface area (TPSA) is 98.1 Å². The number of amides is 1. The Morgan fingerprint density at radius 2 is 2.06 bits per heavy atom. The Morgan fingerprint density at radius 3 is 2.75 bits per heavy atom. The number of aromatic nitrogens is 3. The first-order chi connectivity index (χ1) is 15.3. The number of nitrogens with one attached hydrogen (secondary N) is 2. The van der Waals surface area contributed by atoms with Gasteiger partial charge in [0.05, 0.1) is 18.5 Å². The minimum Gasteiger partial charge on any atom is -0.384 e. The van der Waals surface area contributed by atoms with Crippen LogP contribution < -0.4 is 16.2 Å². The maximum absolute atomic E-state index is 12.8. The average Bonchev–Trinajstić information content (AvgIpc) is 2.79. The number of carbonyl (C=O) groups is 1. The highest BCUT2D eigenvalue weighted by molar-refractivity contribution is 9.10. The first kappa shape index (κ1) is 22.9. The molecule has 0 spiro atoms. The predicted octanol–water partition coefficient (Wildman–Crippen LogP) is 2.83. The molecule has 2 aromatic rings. The Kier molecular flexibility index (Phi) is 6.67. The number of pyridine rings is 1. The van der Waals surface area contributed by atoms with Crippen LogP contribution in [0.15, 0.2) is 40.0 Å². The van der Waals surface area contributed by atoms with Gasteiger partial charge in [-0.1, -0.05) is 13.8 Å². The number of nitrogens with zero attached hydrogens (tertiary/aromatic N) is 3. The fraction of sp³-hybridized carbons (Fsp3) is 0.565. The number of methoxy groups -OCH3 is 1. The van der Waals surface area contributed by atoms with Gasteiger partial charge in [-0.25, -0.2) is 4.68 Å². The summed E-state index contributed by atoms with van der Waals surface area (Å²) in [5.74, 6) is 1.39.